The van der Waals surface area contributed by atoms with Crippen molar-refractivity contribution in [3.63, 3.8) is 0 Å². The van der Waals surface area contributed by atoms with E-state index >= 15 is 0 Å². The fourth-order valence-corrected chi connectivity index (χ4v) is 9.36. The van der Waals surface area contributed by atoms with Crippen molar-refractivity contribution in [2.24, 2.45) is 0 Å². The van der Waals surface area contributed by atoms with E-state index in [0.717, 1.165) is 35.0 Å². The van der Waals surface area contributed by atoms with Crippen LogP contribution in [0.4, 0.5) is 0 Å². The SMILES string of the molecule is O=C(CC1(c2ccc(Br)s2)CCN(C(=O)C2(c3ccccc3)CC2)CCS1(=O)=O)NOC1CCCCO1. The van der Waals surface area contributed by atoms with E-state index in [1.807, 2.05) is 30.3 Å². The first-order valence-corrected chi connectivity index (χ1v) is 15.9. The van der Waals surface area contributed by atoms with Gasteiger partial charge in [-0.15, -0.1) is 11.3 Å². The molecule has 2 aromatic rings. The lowest BCUT2D eigenvalue weighted by Crippen LogP contribution is -2.43. The molecule has 0 bridgehead atoms. The summed E-state index contributed by atoms with van der Waals surface area (Å²) in [5, 5.41) is 0. The molecule has 2 aliphatic heterocycles. The third-order valence-corrected chi connectivity index (χ3v) is 12.1. The van der Waals surface area contributed by atoms with Gasteiger partial charge in [-0.05, 0) is 65.7 Å². The lowest BCUT2D eigenvalue weighted by atomic mass is 9.93. The van der Waals surface area contributed by atoms with Crippen molar-refractivity contribution in [2.75, 3.05) is 25.4 Å². The minimum Gasteiger partial charge on any atom is -0.350 e. The van der Waals surface area contributed by atoms with E-state index in [4.69, 9.17) is 9.57 Å². The first-order valence-electron chi connectivity index (χ1n) is 12.6. The highest BCUT2D eigenvalue weighted by Gasteiger charge is 2.55. The molecule has 1 aromatic heterocycles. The van der Waals surface area contributed by atoms with Gasteiger partial charge in [-0.25, -0.2) is 18.7 Å². The van der Waals surface area contributed by atoms with Crippen molar-refractivity contribution in [3.05, 3.63) is 56.7 Å². The first kappa shape index (κ1) is 26.8. The molecule has 2 saturated heterocycles. The Morgan fingerprint density at radius 3 is 2.54 bits per heavy atom. The molecule has 1 saturated carbocycles. The van der Waals surface area contributed by atoms with Gasteiger partial charge in [0.15, 0.2) is 16.1 Å². The zero-order valence-electron chi connectivity index (χ0n) is 20.5. The Kier molecular flexibility index (Phi) is 7.80. The molecule has 5 rings (SSSR count). The summed E-state index contributed by atoms with van der Waals surface area (Å²) in [6.45, 7) is 0.927. The molecule has 37 heavy (non-hydrogen) atoms. The zero-order valence-corrected chi connectivity index (χ0v) is 23.7. The molecule has 3 heterocycles. The number of nitrogens with zero attached hydrogens (tertiary/aromatic N) is 1. The van der Waals surface area contributed by atoms with Crippen molar-refractivity contribution < 1.29 is 27.6 Å². The van der Waals surface area contributed by atoms with Gasteiger partial charge in [-0.2, -0.15) is 0 Å². The number of amides is 2. The Hall–Kier alpha value is -1.79. The van der Waals surface area contributed by atoms with Gasteiger partial charge in [0.2, 0.25) is 11.8 Å². The van der Waals surface area contributed by atoms with Gasteiger partial charge in [0, 0.05) is 31.0 Å². The van der Waals surface area contributed by atoms with Crippen LogP contribution in [0.3, 0.4) is 0 Å². The summed E-state index contributed by atoms with van der Waals surface area (Å²) in [6.07, 6.45) is 3.38. The fraction of sp³-hybridized carbons (Fsp3) is 0.538. The molecule has 2 amide bonds. The van der Waals surface area contributed by atoms with Crippen LogP contribution in [0, 0.1) is 0 Å². The molecule has 0 spiro atoms. The Labute approximate surface area is 229 Å². The summed E-state index contributed by atoms with van der Waals surface area (Å²) >= 11 is 4.75. The van der Waals surface area contributed by atoms with E-state index in [2.05, 4.69) is 21.4 Å². The largest absolute Gasteiger partial charge is 0.350 e. The van der Waals surface area contributed by atoms with Gasteiger partial charge in [0.1, 0.15) is 4.75 Å². The zero-order chi connectivity index (χ0) is 26.1. The summed E-state index contributed by atoms with van der Waals surface area (Å²) in [6, 6.07) is 13.3. The minimum atomic E-state index is -3.81. The van der Waals surface area contributed by atoms with Crippen LogP contribution in [-0.4, -0.2) is 56.9 Å². The Bertz CT molecular complexity index is 1240. The average Bonchev–Trinajstić information content (AvgIpc) is 3.63. The van der Waals surface area contributed by atoms with Crippen LogP contribution in [0.2, 0.25) is 0 Å². The Morgan fingerprint density at radius 1 is 1.11 bits per heavy atom. The van der Waals surface area contributed by atoms with Gasteiger partial charge in [0.05, 0.1) is 21.4 Å². The molecular weight excluding hydrogens is 580 g/mol. The lowest BCUT2D eigenvalue weighted by Gasteiger charge is -2.31. The number of hydroxylamine groups is 1. The maximum atomic E-state index is 13.9. The standard InChI is InChI=1S/C26H31BrN2O6S2/c27-21-10-9-20(36-21)26(18-22(30)28-35-23-8-4-5-16-34-23)13-14-29(15-17-37(26,32)33)24(31)25(11-12-25)19-6-2-1-3-7-19/h1-3,6-7,9-10,23H,4-5,8,11-18H2,(H,28,30). The molecular formula is C26H31BrN2O6S2. The van der Waals surface area contributed by atoms with Gasteiger partial charge < -0.3 is 9.64 Å². The highest BCUT2D eigenvalue weighted by atomic mass is 79.9. The lowest BCUT2D eigenvalue weighted by molar-refractivity contribution is -0.200. The number of hydrogen-bond acceptors (Lipinski definition) is 7. The second-order valence-electron chi connectivity index (χ2n) is 10.0. The number of thiophene rings is 1. The molecule has 0 radical (unpaired) electrons. The molecule has 1 N–H and O–H groups in total. The van der Waals surface area contributed by atoms with Gasteiger partial charge in [-0.1, -0.05) is 30.3 Å². The number of nitrogens with one attached hydrogen (secondary N) is 1. The maximum Gasteiger partial charge on any atom is 0.245 e. The predicted molar refractivity (Wildman–Crippen MR) is 143 cm³/mol. The van der Waals surface area contributed by atoms with Gasteiger partial charge >= 0.3 is 0 Å². The second kappa shape index (κ2) is 10.8. The van der Waals surface area contributed by atoms with E-state index < -0.39 is 32.2 Å². The molecule has 11 heteroatoms. The molecule has 8 nitrogen and oxygen atoms in total. The van der Waals surface area contributed by atoms with Gasteiger partial charge in [-0.3, -0.25) is 9.59 Å². The topological polar surface area (TPSA) is 102 Å². The number of carbonyl (C=O) groups excluding carboxylic acids is 2. The molecule has 3 aliphatic rings. The van der Waals surface area contributed by atoms with E-state index in [-0.39, 0.29) is 37.6 Å². The number of benzene rings is 1. The molecule has 200 valence electrons. The van der Waals surface area contributed by atoms with Crippen molar-refractivity contribution >= 4 is 48.9 Å². The normalized spacial score (nSPS) is 26.7. The van der Waals surface area contributed by atoms with Crippen LogP contribution in [0.25, 0.3) is 0 Å². The number of sulfone groups is 1. The van der Waals surface area contributed by atoms with Crippen molar-refractivity contribution in [2.45, 2.75) is 61.4 Å². The summed E-state index contributed by atoms with van der Waals surface area (Å²) in [5.74, 6) is -0.761. The van der Waals surface area contributed by atoms with E-state index in [0.29, 0.717) is 17.9 Å². The third kappa shape index (κ3) is 5.38. The quantitative estimate of drug-likeness (QED) is 0.475. The Morgan fingerprint density at radius 2 is 1.89 bits per heavy atom. The molecule has 1 aromatic carbocycles. The van der Waals surface area contributed by atoms with Crippen LogP contribution in [0.15, 0.2) is 46.3 Å². The number of hydrogen-bond donors (Lipinski definition) is 1. The van der Waals surface area contributed by atoms with Crippen LogP contribution in [-0.2, 0) is 39.2 Å². The number of ether oxygens (including phenoxy) is 1. The van der Waals surface area contributed by atoms with Crippen molar-refractivity contribution in [3.8, 4) is 0 Å². The van der Waals surface area contributed by atoms with Crippen LogP contribution in [0.1, 0.15) is 55.4 Å². The van der Waals surface area contributed by atoms with E-state index in [1.54, 1.807) is 17.0 Å². The second-order valence-corrected chi connectivity index (χ2v) is 14.9. The summed E-state index contributed by atoms with van der Waals surface area (Å²) < 4.78 is 32.6. The summed E-state index contributed by atoms with van der Waals surface area (Å²) in [5.41, 5.74) is 2.83. The molecule has 2 unspecified atom stereocenters. The predicted octanol–water partition coefficient (Wildman–Crippen LogP) is 4.05. The van der Waals surface area contributed by atoms with Gasteiger partial charge in [0.25, 0.3) is 0 Å². The summed E-state index contributed by atoms with van der Waals surface area (Å²) in [4.78, 5) is 34.5. The van der Waals surface area contributed by atoms with Crippen LogP contribution < -0.4 is 5.48 Å². The first-order chi connectivity index (χ1) is 17.8. The van der Waals surface area contributed by atoms with E-state index in [1.165, 1.54) is 11.3 Å². The smallest absolute Gasteiger partial charge is 0.245 e. The van der Waals surface area contributed by atoms with Crippen molar-refractivity contribution in [1.29, 1.82) is 0 Å². The van der Waals surface area contributed by atoms with E-state index in [9.17, 15) is 18.0 Å². The van der Waals surface area contributed by atoms with Crippen LogP contribution in [0.5, 0.6) is 0 Å². The third-order valence-electron chi connectivity index (χ3n) is 7.69. The number of carbonyl (C=O) groups is 2. The highest BCUT2D eigenvalue weighted by Crippen LogP contribution is 2.51. The van der Waals surface area contributed by atoms with Crippen LogP contribution >= 0.6 is 27.3 Å². The average molecular weight is 612 g/mol. The fourth-order valence-electron chi connectivity index (χ4n) is 5.37. The number of rotatable bonds is 7. The molecule has 3 fully saturated rings. The minimum absolute atomic E-state index is 0.0284. The highest BCUT2D eigenvalue weighted by molar-refractivity contribution is 9.11. The maximum absolute atomic E-state index is 13.9. The molecule has 2 atom stereocenters. The monoisotopic (exact) mass is 610 g/mol. The molecule has 1 aliphatic carbocycles. The number of halogens is 1. The Balaban J connectivity index is 1.38. The van der Waals surface area contributed by atoms with Crippen molar-refractivity contribution in [1.82, 2.24) is 10.4 Å². The summed E-state index contributed by atoms with van der Waals surface area (Å²) in [7, 11) is -3.81.